The summed E-state index contributed by atoms with van der Waals surface area (Å²) in [6, 6.07) is 3.57. The van der Waals surface area contributed by atoms with Gasteiger partial charge in [-0.25, -0.2) is 4.68 Å². The van der Waals surface area contributed by atoms with E-state index in [1.807, 2.05) is 0 Å². The Labute approximate surface area is 142 Å². The monoisotopic (exact) mass is 434 g/mol. The van der Waals surface area contributed by atoms with Crippen LogP contribution in [0.2, 0.25) is 5.02 Å². The van der Waals surface area contributed by atoms with Gasteiger partial charge in [0.2, 0.25) is 0 Å². The van der Waals surface area contributed by atoms with Gasteiger partial charge in [0.25, 0.3) is 5.56 Å². The van der Waals surface area contributed by atoms with Crippen molar-refractivity contribution in [3.63, 3.8) is 0 Å². The van der Waals surface area contributed by atoms with Gasteiger partial charge in [-0.1, -0.05) is 11.6 Å². The Kier molecular flexibility index (Phi) is 4.35. The molecule has 0 radical (unpaired) electrons. The van der Waals surface area contributed by atoms with Crippen LogP contribution in [0.1, 0.15) is 11.1 Å². The van der Waals surface area contributed by atoms with Crippen molar-refractivity contribution in [2.75, 3.05) is 6.79 Å². The Bertz CT molecular complexity index is 764. The summed E-state index contributed by atoms with van der Waals surface area (Å²) in [6.45, 7) is 0.900. The van der Waals surface area contributed by atoms with E-state index in [9.17, 15) is 4.79 Å². The van der Waals surface area contributed by atoms with E-state index in [1.54, 1.807) is 18.3 Å². The molecule has 0 saturated carbocycles. The van der Waals surface area contributed by atoms with E-state index >= 15 is 0 Å². The average Bonchev–Trinajstić information content (AvgIpc) is 2.47. The highest BCUT2D eigenvalue weighted by Gasteiger charge is 2.18. The summed E-state index contributed by atoms with van der Waals surface area (Å²) in [5.41, 5.74) is 1.43. The quantitative estimate of drug-likeness (QED) is 0.725. The number of hydrogen-bond donors (Lipinski definition) is 0. The average molecular weight is 436 g/mol. The summed E-state index contributed by atoms with van der Waals surface area (Å²) in [6.07, 6.45) is 1.56. The molecule has 5 nitrogen and oxygen atoms in total. The van der Waals surface area contributed by atoms with Crippen molar-refractivity contribution in [1.29, 1.82) is 0 Å². The van der Waals surface area contributed by atoms with Crippen molar-refractivity contribution in [2.45, 2.75) is 13.2 Å². The number of nitrogens with zero attached hydrogens (tertiary/aromatic N) is 2. The lowest BCUT2D eigenvalue weighted by Crippen LogP contribution is -2.25. The van der Waals surface area contributed by atoms with Crippen molar-refractivity contribution in [1.82, 2.24) is 9.78 Å². The number of halogens is 3. The zero-order chi connectivity index (χ0) is 15.0. The molecule has 0 fully saturated rings. The van der Waals surface area contributed by atoms with Gasteiger partial charge in [0.1, 0.15) is 10.2 Å². The fourth-order valence-corrected chi connectivity index (χ4v) is 2.92. The molecule has 0 atom stereocenters. The van der Waals surface area contributed by atoms with Crippen molar-refractivity contribution < 1.29 is 9.47 Å². The van der Waals surface area contributed by atoms with E-state index in [0.717, 1.165) is 11.1 Å². The van der Waals surface area contributed by atoms with Crippen LogP contribution in [0.3, 0.4) is 0 Å². The van der Waals surface area contributed by atoms with Crippen molar-refractivity contribution in [3.05, 3.63) is 53.8 Å². The Morgan fingerprint density at radius 1 is 1.38 bits per heavy atom. The minimum absolute atomic E-state index is 0.188. The van der Waals surface area contributed by atoms with Gasteiger partial charge >= 0.3 is 0 Å². The van der Waals surface area contributed by atoms with Crippen LogP contribution in [0.25, 0.3) is 0 Å². The van der Waals surface area contributed by atoms with Crippen LogP contribution < -0.4 is 10.3 Å². The van der Waals surface area contributed by atoms with Gasteiger partial charge in [-0.2, -0.15) is 5.10 Å². The molecule has 0 N–H and O–H groups in total. The first-order valence-corrected chi connectivity index (χ1v) is 7.95. The number of benzene rings is 1. The Hall–Kier alpha value is -0.890. The van der Waals surface area contributed by atoms with Crippen LogP contribution in [0.5, 0.6) is 5.75 Å². The third-order valence-electron chi connectivity index (χ3n) is 3.01. The summed E-state index contributed by atoms with van der Waals surface area (Å²) in [7, 11) is 0. The molecule has 0 spiro atoms. The maximum atomic E-state index is 12.2. The molecule has 1 aromatic heterocycles. The molecular formula is C13H9Br2ClN2O3. The molecule has 8 heteroatoms. The van der Waals surface area contributed by atoms with Gasteiger partial charge in [0, 0.05) is 16.1 Å². The SMILES string of the molecule is O=c1c(Br)c(Br)cnn1Cc1cc(Cl)cc2c1OCOC2. The van der Waals surface area contributed by atoms with E-state index in [-0.39, 0.29) is 18.9 Å². The molecule has 1 aliphatic heterocycles. The molecule has 3 rings (SSSR count). The van der Waals surface area contributed by atoms with Gasteiger partial charge < -0.3 is 9.47 Å². The summed E-state index contributed by atoms with van der Waals surface area (Å²) < 4.78 is 13.2. The number of aromatic nitrogens is 2. The highest BCUT2D eigenvalue weighted by molar-refractivity contribution is 9.13. The molecule has 0 aliphatic carbocycles. The lowest BCUT2D eigenvalue weighted by molar-refractivity contribution is -0.0171. The second-order valence-corrected chi connectivity index (χ2v) is 6.52. The predicted molar refractivity (Wildman–Crippen MR) is 84.7 cm³/mol. The van der Waals surface area contributed by atoms with Crippen LogP contribution in [0.15, 0.2) is 32.1 Å². The summed E-state index contributed by atoms with van der Waals surface area (Å²) in [4.78, 5) is 12.2. The van der Waals surface area contributed by atoms with Crippen LogP contribution in [-0.4, -0.2) is 16.6 Å². The van der Waals surface area contributed by atoms with Crippen LogP contribution in [-0.2, 0) is 17.9 Å². The maximum Gasteiger partial charge on any atom is 0.282 e. The van der Waals surface area contributed by atoms with Gasteiger partial charge in [-0.15, -0.1) is 0 Å². The Balaban J connectivity index is 2.05. The molecule has 0 unspecified atom stereocenters. The van der Waals surface area contributed by atoms with Gasteiger partial charge in [-0.05, 0) is 44.0 Å². The van der Waals surface area contributed by atoms with Crippen molar-refractivity contribution >= 4 is 43.5 Å². The summed E-state index contributed by atoms with van der Waals surface area (Å²) in [5, 5.41) is 4.68. The minimum atomic E-state index is -0.231. The third kappa shape index (κ3) is 3.01. The van der Waals surface area contributed by atoms with Crippen LogP contribution >= 0.6 is 43.5 Å². The molecule has 21 heavy (non-hydrogen) atoms. The Morgan fingerprint density at radius 3 is 3.00 bits per heavy atom. The molecular weight excluding hydrogens is 427 g/mol. The fraction of sp³-hybridized carbons (Fsp3) is 0.231. The zero-order valence-corrected chi connectivity index (χ0v) is 14.5. The van der Waals surface area contributed by atoms with Crippen molar-refractivity contribution in [3.8, 4) is 5.75 Å². The van der Waals surface area contributed by atoms with E-state index in [1.165, 1.54) is 4.68 Å². The molecule has 2 heterocycles. The smallest absolute Gasteiger partial charge is 0.282 e. The highest BCUT2D eigenvalue weighted by atomic mass is 79.9. The highest BCUT2D eigenvalue weighted by Crippen LogP contribution is 2.32. The van der Waals surface area contributed by atoms with E-state index in [0.29, 0.717) is 26.3 Å². The molecule has 0 bridgehead atoms. The molecule has 2 aromatic rings. The fourth-order valence-electron chi connectivity index (χ4n) is 2.09. The molecule has 0 saturated heterocycles. The second-order valence-electron chi connectivity index (χ2n) is 4.43. The third-order valence-corrected chi connectivity index (χ3v) is 5.13. The van der Waals surface area contributed by atoms with Crippen LogP contribution in [0.4, 0.5) is 0 Å². The lowest BCUT2D eigenvalue weighted by Gasteiger charge is -2.21. The summed E-state index contributed by atoms with van der Waals surface area (Å²) >= 11 is 12.6. The topological polar surface area (TPSA) is 53.4 Å². The van der Waals surface area contributed by atoms with E-state index < -0.39 is 0 Å². The number of fused-ring (bicyclic) bond motifs is 1. The first kappa shape index (κ1) is 15.0. The maximum absolute atomic E-state index is 12.2. The van der Waals surface area contributed by atoms with Crippen molar-refractivity contribution in [2.24, 2.45) is 0 Å². The number of ether oxygens (including phenoxy) is 2. The predicted octanol–water partition coefficient (Wildman–Crippen LogP) is 3.34. The first-order chi connectivity index (χ1) is 10.1. The van der Waals surface area contributed by atoms with Crippen LogP contribution in [0, 0.1) is 0 Å². The standard InChI is InChI=1S/C13H9Br2ClN2O3/c14-10-3-17-18(13(19)11(10)15)4-7-1-9(16)2-8-5-20-6-21-12(7)8/h1-3H,4-6H2. The zero-order valence-electron chi connectivity index (χ0n) is 10.6. The van der Waals surface area contributed by atoms with Gasteiger partial charge in [0.15, 0.2) is 6.79 Å². The molecule has 0 amide bonds. The number of hydrogen-bond acceptors (Lipinski definition) is 4. The van der Waals surface area contributed by atoms with E-state index in [2.05, 4.69) is 37.0 Å². The van der Waals surface area contributed by atoms with E-state index in [4.69, 9.17) is 21.1 Å². The normalized spacial score (nSPS) is 13.7. The molecule has 110 valence electrons. The number of rotatable bonds is 2. The first-order valence-electron chi connectivity index (χ1n) is 5.99. The largest absolute Gasteiger partial charge is 0.467 e. The second kappa shape index (κ2) is 6.08. The van der Waals surface area contributed by atoms with Gasteiger partial charge in [-0.3, -0.25) is 4.79 Å². The lowest BCUT2D eigenvalue weighted by atomic mass is 10.1. The molecule has 1 aromatic carbocycles. The molecule has 1 aliphatic rings. The minimum Gasteiger partial charge on any atom is -0.467 e. The Morgan fingerprint density at radius 2 is 2.19 bits per heavy atom. The van der Waals surface area contributed by atoms with Gasteiger partial charge in [0.05, 0.1) is 23.8 Å². The summed E-state index contributed by atoms with van der Waals surface area (Å²) in [5.74, 6) is 0.707.